The lowest BCUT2D eigenvalue weighted by Gasteiger charge is -2.10. The van der Waals surface area contributed by atoms with Crippen LogP contribution < -0.4 is 10.1 Å². The van der Waals surface area contributed by atoms with E-state index in [0.29, 0.717) is 5.56 Å². The van der Waals surface area contributed by atoms with E-state index in [0.717, 1.165) is 9.32 Å². The van der Waals surface area contributed by atoms with E-state index in [9.17, 15) is 4.79 Å². The van der Waals surface area contributed by atoms with E-state index >= 15 is 0 Å². The van der Waals surface area contributed by atoms with Gasteiger partial charge >= 0.3 is 0 Å². The standard InChI is InChI=1S/C11H14INO2/c1-7(2)13-11(14)8-4-5-9(12)10(6-8)15-3/h4-7H,1-3H3,(H,13,14). The van der Waals surface area contributed by atoms with Crippen molar-refractivity contribution >= 4 is 28.5 Å². The Bertz CT molecular complexity index is 364. The number of nitrogens with one attached hydrogen (secondary N) is 1. The fraction of sp³-hybridized carbons (Fsp3) is 0.364. The number of ether oxygens (including phenoxy) is 1. The molecule has 0 bridgehead atoms. The summed E-state index contributed by atoms with van der Waals surface area (Å²) < 4.78 is 6.15. The number of hydrogen-bond donors (Lipinski definition) is 1. The summed E-state index contributed by atoms with van der Waals surface area (Å²) in [5.74, 6) is 0.659. The number of carbonyl (C=O) groups is 1. The molecule has 82 valence electrons. The Labute approximate surface area is 103 Å². The van der Waals surface area contributed by atoms with Crippen LogP contribution in [0.15, 0.2) is 18.2 Å². The molecule has 1 amide bonds. The molecule has 0 aliphatic carbocycles. The minimum Gasteiger partial charge on any atom is -0.496 e. The van der Waals surface area contributed by atoms with Gasteiger partial charge < -0.3 is 10.1 Å². The summed E-state index contributed by atoms with van der Waals surface area (Å²) in [4.78, 5) is 11.7. The quantitative estimate of drug-likeness (QED) is 0.869. The Morgan fingerprint density at radius 2 is 2.13 bits per heavy atom. The highest BCUT2D eigenvalue weighted by Gasteiger charge is 2.09. The molecule has 0 aliphatic rings. The van der Waals surface area contributed by atoms with E-state index in [1.807, 2.05) is 19.9 Å². The van der Waals surface area contributed by atoms with E-state index in [4.69, 9.17) is 4.74 Å². The monoisotopic (exact) mass is 319 g/mol. The predicted molar refractivity (Wildman–Crippen MR) is 68.3 cm³/mol. The molecule has 0 spiro atoms. The first-order chi connectivity index (χ1) is 7.04. The van der Waals surface area contributed by atoms with Crippen LogP contribution in [0.3, 0.4) is 0 Å². The van der Waals surface area contributed by atoms with Gasteiger partial charge in [0.15, 0.2) is 0 Å². The first-order valence-corrected chi connectivity index (χ1v) is 5.77. The molecule has 0 aromatic heterocycles. The smallest absolute Gasteiger partial charge is 0.251 e. The van der Waals surface area contributed by atoms with Crippen molar-refractivity contribution in [1.82, 2.24) is 5.32 Å². The zero-order valence-corrected chi connectivity index (χ0v) is 11.2. The lowest BCUT2D eigenvalue weighted by Crippen LogP contribution is -2.30. The molecule has 0 saturated carbocycles. The van der Waals surface area contributed by atoms with E-state index in [1.54, 1.807) is 19.2 Å². The number of methoxy groups -OCH3 is 1. The average Bonchev–Trinajstić information content (AvgIpc) is 2.17. The van der Waals surface area contributed by atoms with E-state index in [1.165, 1.54) is 0 Å². The van der Waals surface area contributed by atoms with Crippen LogP contribution in [0.25, 0.3) is 0 Å². The van der Waals surface area contributed by atoms with Gasteiger partial charge in [0.1, 0.15) is 5.75 Å². The molecule has 0 atom stereocenters. The van der Waals surface area contributed by atoms with Gasteiger partial charge in [-0.05, 0) is 54.6 Å². The molecule has 0 heterocycles. The number of halogens is 1. The predicted octanol–water partition coefficient (Wildman–Crippen LogP) is 2.44. The highest BCUT2D eigenvalue weighted by Crippen LogP contribution is 2.21. The molecule has 1 N–H and O–H groups in total. The second kappa shape index (κ2) is 5.34. The molecule has 1 aromatic rings. The summed E-state index contributed by atoms with van der Waals surface area (Å²) in [7, 11) is 1.60. The fourth-order valence-corrected chi connectivity index (χ4v) is 1.70. The Balaban J connectivity index is 2.91. The largest absolute Gasteiger partial charge is 0.496 e. The van der Waals surface area contributed by atoms with Crippen LogP contribution in [0.4, 0.5) is 0 Å². The maximum absolute atomic E-state index is 11.7. The third-order valence-electron chi connectivity index (χ3n) is 1.83. The zero-order chi connectivity index (χ0) is 11.4. The highest BCUT2D eigenvalue weighted by atomic mass is 127. The van der Waals surface area contributed by atoms with Crippen LogP contribution in [0.2, 0.25) is 0 Å². The van der Waals surface area contributed by atoms with Gasteiger partial charge in [0.2, 0.25) is 0 Å². The van der Waals surface area contributed by atoms with Crippen molar-refractivity contribution in [2.24, 2.45) is 0 Å². The molecule has 0 radical (unpaired) electrons. The maximum Gasteiger partial charge on any atom is 0.251 e. The minimum absolute atomic E-state index is 0.0697. The van der Waals surface area contributed by atoms with Crippen molar-refractivity contribution in [2.75, 3.05) is 7.11 Å². The van der Waals surface area contributed by atoms with E-state index in [-0.39, 0.29) is 11.9 Å². The van der Waals surface area contributed by atoms with Crippen molar-refractivity contribution in [3.05, 3.63) is 27.3 Å². The van der Waals surface area contributed by atoms with Gasteiger partial charge in [-0.3, -0.25) is 4.79 Å². The van der Waals surface area contributed by atoms with Gasteiger partial charge in [-0.1, -0.05) is 0 Å². The Kier molecular flexibility index (Phi) is 4.38. The molecule has 0 unspecified atom stereocenters. The summed E-state index contributed by atoms with van der Waals surface area (Å²) in [6.45, 7) is 3.86. The molecule has 0 fully saturated rings. The van der Waals surface area contributed by atoms with Gasteiger partial charge in [-0.2, -0.15) is 0 Å². The molecular formula is C11H14INO2. The average molecular weight is 319 g/mol. The lowest BCUT2D eigenvalue weighted by atomic mass is 10.2. The van der Waals surface area contributed by atoms with Crippen molar-refractivity contribution in [3.8, 4) is 5.75 Å². The number of benzene rings is 1. The second-order valence-electron chi connectivity index (χ2n) is 3.48. The molecule has 0 saturated heterocycles. The summed E-state index contributed by atoms with van der Waals surface area (Å²) in [6.07, 6.45) is 0. The van der Waals surface area contributed by atoms with Gasteiger partial charge in [0.25, 0.3) is 5.91 Å². The summed E-state index contributed by atoms with van der Waals surface area (Å²) in [5.41, 5.74) is 0.626. The SMILES string of the molecule is COc1cc(C(=O)NC(C)C)ccc1I. The number of rotatable bonds is 3. The molecule has 15 heavy (non-hydrogen) atoms. The van der Waals surface area contributed by atoms with E-state index in [2.05, 4.69) is 27.9 Å². The van der Waals surface area contributed by atoms with Crippen molar-refractivity contribution in [2.45, 2.75) is 19.9 Å². The fourth-order valence-electron chi connectivity index (χ4n) is 1.15. The molecule has 1 aromatic carbocycles. The molecule has 1 rings (SSSR count). The van der Waals surface area contributed by atoms with Crippen LogP contribution in [0, 0.1) is 3.57 Å². The topological polar surface area (TPSA) is 38.3 Å². The normalized spacial score (nSPS) is 10.2. The number of amides is 1. The molecule has 0 aliphatic heterocycles. The maximum atomic E-state index is 11.7. The molecule has 3 nitrogen and oxygen atoms in total. The molecular weight excluding hydrogens is 305 g/mol. The van der Waals surface area contributed by atoms with Crippen molar-refractivity contribution in [3.63, 3.8) is 0 Å². The lowest BCUT2D eigenvalue weighted by molar-refractivity contribution is 0.0942. The number of hydrogen-bond acceptors (Lipinski definition) is 2. The number of carbonyl (C=O) groups excluding carboxylic acids is 1. The van der Waals surface area contributed by atoms with Gasteiger partial charge in [-0.25, -0.2) is 0 Å². The van der Waals surface area contributed by atoms with Gasteiger partial charge in [-0.15, -0.1) is 0 Å². The summed E-state index contributed by atoms with van der Waals surface area (Å²) in [6, 6.07) is 5.55. The molecule has 4 heteroatoms. The first kappa shape index (κ1) is 12.3. The van der Waals surface area contributed by atoms with Crippen molar-refractivity contribution in [1.29, 1.82) is 0 Å². The van der Waals surface area contributed by atoms with Gasteiger partial charge in [0.05, 0.1) is 10.7 Å². The first-order valence-electron chi connectivity index (χ1n) is 4.69. The third-order valence-corrected chi connectivity index (χ3v) is 2.72. The Hall–Kier alpha value is -0.780. The zero-order valence-electron chi connectivity index (χ0n) is 9.00. The Morgan fingerprint density at radius 1 is 1.47 bits per heavy atom. The summed E-state index contributed by atoms with van der Waals surface area (Å²) in [5, 5.41) is 2.83. The van der Waals surface area contributed by atoms with Crippen LogP contribution in [0.1, 0.15) is 24.2 Å². The second-order valence-corrected chi connectivity index (χ2v) is 4.64. The van der Waals surface area contributed by atoms with E-state index < -0.39 is 0 Å². The third kappa shape index (κ3) is 3.37. The highest BCUT2D eigenvalue weighted by molar-refractivity contribution is 14.1. The van der Waals surface area contributed by atoms with Gasteiger partial charge in [0, 0.05) is 11.6 Å². The van der Waals surface area contributed by atoms with Crippen LogP contribution in [-0.4, -0.2) is 19.1 Å². The summed E-state index contributed by atoms with van der Waals surface area (Å²) >= 11 is 2.17. The van der Waals surface area contributed by atoms with Crippen LogP contribution in [0.5, 0.6) is 5.75 Å². The van der Waals surface area contributed by atoms with Crippen LogP contribution in [-0.2, 0) is 0 Å². The minimum atomic E-state index is -0.0697. The Morgan fingerprint density at radius 3 is 2.67 bits per heavy atom. The van der Waals surface area contributed by atoms with Crippen LogP contribution >= 0.6 is 22.6 Å². The van der Waals surface area contributed by atoms with Crippen molar-refractivity contribution < 1.29 is 9.53 Å².